The van der Waals surface area contributed by atoms with Crippen molar-refractivity contribution in [2.24, 2.45) is 0 Å². The van der Waals surface area contributed by atoms with Crippen molar-refractivity contribution in [3.05, 3.63) is 32.4 Å². The lowest BCUT2D eigenvalue weighted by Crippen LogP contribution is -2.45. The van der Waals surface area contributed by atoms with Crippen LogP contribution >= 0.6 is 34.2 Å². The summed E-state index contributed by atoms with van der Waals surface area (Å²) < 4.78 is 38.9. The van der Waals surface area contributed by atoms with Crippen LogP contribution in [0.15, 0.2) is 18.2 Å². The third-order valence-corrected chi connectivity index (χ3v) is 4.33. The normalized spacial score (nSPS) is 11.8. The fourth-order valence-corrected chi connectivity index (χ4v) is 2.84. The smallest absolute Gasteiger partial charge is 0.327 e. The summed E-state index contributed by atoms with van der Waals surface area (Å²) in [4.78, 5) is 13.4. The van der Waals surface area contributed by atoms with Crippen LogP contribution in [0.3, 0.4) is 0 Å². The average Bonchev–Trinajstić information content (AvgIpc) is 2.39. The highest BCUT2D eigenvalue weighted by Gasteiger charge is 2.36. The lowest BCUT2D eigenvalue weighted by molar-refractivity contribution is -0.144. The van der Waals surface area contributed by atoms with Gasteiger partial charge in [-0.15, -0.1) is 0 Å². The van der Waals surface area contributed by atoms with E-state index in [2.05, 4.69) is 0 Å². The Kier molecular flexibility index (Phi) is 6.77. The van der Waals surface area contributed by atoms with Gasteiger partial charge in [0.15, 0.2) is 0 Å². The fraction of sp³-hybridized carbons (Fsp3) is 0.500. The number of benzene rings is 1. The van der Waals surface area contributed by atoms with E-state index in [0.29, 0.717) is 21.4 Å². The van der Waals surface area contributed by atoms with Crippen molar-refractivity contribution in [1.82, 2.24) is 4.90 Å². The highest BCUT2D eigenvalue weighted by atomic mass is 127. The molecular weight excluding hydrogens is 418 g/mol. The van der Waals surface area contributed by atoms with Crippen LogP contribution in [0.5, 0.6) is 0 Å². The Morgan fingerprint density at radius 2 is 1.90 bits per heavy atom. The molecule has 1 aromatic rings. The molecule has 0 aromatic heterocycles. The van der Waals surface area contributed by atoms with E-state index < -0.39 is 24.7 Å². The molecule has 0 heterocycles. The Bertz CT molecular complexity index is 503. The van der Waals surface area contributed by atoms with Gasteiger partial charge >= 0.3 is 6.18 Å². The van der Waals surface area contributed by atoms with Crippen LogP contribution < -0.4 is 0 Å². The van der Waals surface area contributed by atoms with Gasteiger partial charge < -0.3 is 4.90 Å². The molecule has 21 heavy (non-hydrogen) atoms. The molecule has 118 valence electrons. The maximum absolute atomic E-state index is 12.8. The highest BCUT2D eigenvalue weighted by Crippen LogP contribution is 2.25. The van der Waals surface area contributed by atoms with E-state index in [1.165, 1.54) is 6.07 Å². The fourth-order valence-electron chi connectivity index (χ4n) is 2.11. The molecule has 0 fully saturated rings. The minimum absolute atomic E-state index is 0.208. The second-order valence-corrected chi connectivity index (χ2v) is 6.24. The van der Waals surface area contributed by atoms with E-state index in [1.807, 2.05) is 22.6 Å². The molecule has 1 aromatic carbocycles. The number of hydrogen-bond donors (Lipinski definition) is 0. The van der Waals surface area contributed by atoms with Crippen LogP contribution in [0.25, 0.3) is 0 Å². The molecule has 1 amide bonds. The zero-order valence-electron chi connectivity index (χ0n) is 11.7. The van der Waals surface area contributed by atoms with Gasteiger partial charge in [0.1, 0.15) is 6.54 Å². The molecule has 0 unspecified atom stereocenters. The summed E-state index contributed by atoms with van der Waals surface area (Å²) in [5.41, 5.74) is 0.208. The summed E-state index contributed by atoms with van der Waals surface area (Å²) in [6.07, 6.45) is -3.49. The monoisotopic (exact) mass is 433 g/mol. The van der Waals surface area contributed by atoms with Gasteiger partial charge in [0.2, 0.25) is 0 Å². The van der Waals surface area contributed by atoms with Crippen molar-refractivity contribution in [1.29, 1.82) is 0 Å². The first-order valence-corrected chi connectivity index (χ1v) is 7.98. The van der Waals surface area contributed by atoms with Gasteiger partial charge in [-0.2, -0.15) is 13.2 Å². The molecule has 0 radical (unpaired) electrons. The van der Waals surface area contributed by atoms with Crippen molar-refractivity contribution in [3.8, 4) is 0 Å². The largest absolute Gasteiger partial charge is 0.406 e. The third kappa shape index (κ3) is 5.32. The number of nitrogens with zero attached hydrogens (tertiary/aromatic N) is 1. The molecule has 1 rings (SSSR count). The number of carbonyl (C=O) groups is 1. The van der Waals surface area contributed by atoms with Crippen LogP contribution in [0, 0.1) is 3.57 Å². The molecule has 0 saturated heterocycles. The second kappa shape index (κ2) is 7.67. The van der Waals surface area contributed by atoms with Crippen molar-refractivity contribution in [2.75, 3.05) is 6.54 Å². The number of carbonyl (C=O) groups excluding carboxylic acids is 1. The Morgan fingerprint density at radius 1 is 1.33 bits per heavy atom. The molecule has 0 N–H and O–H groups in total. The van der Waals surface area contributed by atoms with Crippen molar-refractivity contribution in [3.63, 3.8) is 0 Å². The molecule has 0 saturated carbocycles. The second-order valence-electron chi connectivity index (χ2n) is 4.64. The van der Waals surface area contributed by atoms with Crippen LogP contribution in [0.4, 0.5) is 13.2 Å². The molecule has 0 atom stereocenters. The van der Waals surface area contributed by atoms with Crippen LogP contribution in [0.2, 0.25) is 5.02 Å². The molecule has 0 aliphatic heterocycles. The van der Waals surface area contributed by atoms with Gasteiger partial charge in [-0.05, 0) is 53.6 Å². The quantitative estimate of drug-likeness (QED) is 0.589. The Balaban J connectivity index is 3.18. The maximum atomic E-state index is 12.8. The molecule has 0 aliphatic rings. The van der Waals surface area contributed by atoms with Gasteiger partial charge in [-0.25, -0.2) is 0 Å². The highest BCUT2D eigenvalue weighted by molar-refractivity contribution is 14.1. The average molecular weight is 434 g/mol. The SMILES string of the molecule is CCC(CC)N(CC(F)(F)F)C(=O)c1cc(Cl)ccc1I. The lowest BCUT2D eigenvalue weighted by atomic mass is 10.1. The minimum atomic E-state index is -4.43. The van der Waals surface area contributed by atoms with Crippen LogP contribution in [-0.4, -0.2) is 29.6 Å². The predicted octanol–water partition coefficient (Wildman–Crippen LogP) is 5.14. The number of halogens is 5. The molecule has 0 spiro atoms. The van der Waals surface area contributed by atoms with Crippen molar-refractivity contribution >= 4 is 40.1 Å². The first-order valence-electron chi connectivity index (χ1n) is 6.52. The lowest BCUT2D eigenvalue weighted by Gasteiger charge is -2.31. The Morgan fingerprint density at radius 3 is 2.38 bits per heavy atom. The first-order chi connectivity index (χ1) is 9.69. The first kappa shape index (κ1) is 18.5. The molecule has 7 heteroatoms. The summed E-state index contributed by atoms with van der Waals surface area (Å²) in [5, 5.41) is 0.329. The third-order valence-electron chi connectivity index (χ3n) is 3.15. The predicted molar refractivity (Wildman–Crippen MR) is 85.6 cm³/mol. The van der Waals surface area contributed by atoms with E-state index >= 15 is 0 Å². The summed E-state index contributed by atoms with van der Waals surface area (Å²) in [6.45, 7) is 2.29. The number of hydrogen-bond acceptors (Lipinski definition) is 1. The summed E-state index contributed by atoms with van der Waals surface area (Å²) in [5.74, 6) is -0.632. The van der Waals surface area contributed by atoms with Gasteiger partial charge in [0, 0.05) is 14.6 Å². The molecule has 0 aliphatic carbocycles. The Hall–Kier alpha value is -0.500. The Labute approximate surface area is 140 Å². The zero-order chi connectivity index (χ0) is 16.2. The van der Waals surface area contributed by atoms with Crippen LogP contribution in [0.1, 0.15) is 37.0 Å². The van der Waals surface area contributed by atoms with Crippen molar-refractivity contribution < 1.29 is 18.0 Å². The minimum Gasteiger partial charge on any atom is -0.327 e. The van der Waals surface area contributed by atoms with E-state index in [4.69, 9.17) is 11.6 Å². The number of rotatable bonds is 5. The van der Waals surface area contributed by atoms with Crippen molar-refractivity contribution in [2.45, 2.75) is 38.9 Å². The number of alkyl halides is 3. The standard InChI is InChI=1S/C14H16ClF3INO/c1-3-10(4-2)20(8-14(16,17)18)13(21)11-7-9(15)5-6-12(11)19/h5-7,10H,3-4,8H2,1-2H3. The molecule has 2 nitrogen and oxygen atoms in total. The van der Waals surface area contributed by atoms with Gasteiger partial charge in [-0.3, -0.25) is 4.79 Å². The van der Waals surface area contributed by atoms with Gasteiger partial charge in [-0.1, -0.05) is 25.4 Å². The summed E-state index contributed by atoms with van der Waals surface area (Å²) in [7, 11) is 0. The molecular formula is C14H16ClF3INO. The zero-order valence-corrected chi connectivity index (χ0v) is 14.6. The summed E-state index contributed by atoms with van der Waals surface area (Å²) in [6, 6.07) is 4.19. The van der Waals surface area contributed by atoms with Gasteiger partial charge in [0.05, 0.1) is 5.56 Å². The van der Waals surface area contributed by atoms with E-state index in [9.17, 15) is 18.0 Å². The van der Waals surface area contributed by atoms with Crippen LogP contribution in [-0.2, 0) is 0 Å². The molecule has 0 bridgehead atoms. The van der Waals surface area contributed by atoms with E-state index in [1.54, 1.807) is 26.0 Å². The summed E-state index contributed by atoms with van der Waals surface area (Å²) >= 11 is 7.77. The van der Waals surface area contributed by atoms with E-state index in [-0.39, 0.29) is 5.56 Å². The number of amides is 1. The van der Waals surface area contributed by atoms with Gasteiger partial charge in [0.25, 0.3) is 5.91 Å². The maximum Gasteiger partial charge on any atom is 0.406 e. The van der Waals surface area contributed by atoms with E-state index in [0.717, 1.165) is 4.90 Å². The topological polar surface area (TPSA) is 20.3 Å².